The summed E-state index contributed by atoms with van der Waals surface area (Å²) in [7, 11) is 0. The van der Waals surface area contributed by atoms with Gasteiger partial charge < -0.3 is 44.7 Å². The fourth-order valence-corrected chi connectivity index (χ4v) is 6.52. The molecule has 6 N–H and O–H groups in total. The van der Waals surface area contributed by atoms with Crippen molar-refractivity contribution in [3.63, 3.8) is 0 Å². The van der Waals surface area contributed by atoms with Gasteiger partial charge in [0.25, 0.3) is 0 Å². The zero-order valence-electron chi connectivity index (χ0n) is 20.6. The van der Waals surface area contributed by atoms with Gasteiger partial charge in [0.2, 0.25) is 6.29 Å². The van der Waals surface area contributed by atoms with E-state index < -0.39 is 55.6 Å². The van der Waals surface area contributed by atoms with Gasteiger partial charge in [-0.05, 0) is 29.5 Å². The van der Waals surface area contributed by atoms with Gasteiger partial charge in [0.05, 0.1) is 18.9 Å². The number of H-pyrrole nitrogens is 1. The SMILES string of the molecule is C=C[C@H]1[C@H](O[C@@H]2O[C@H](CO)[C@@H](O)[C@H](O)[C@H]2O)OC=C2CN3[C@H](C(=O)O)Cc4c([nH]c5ccccc45)[C@@H]3C[C@H]21. The van der Waals surface area contributed by atoms with Gasteiger partial charge in [-0.1, -0.05) is 24.3 Å². The van der Waals surface area contributed by atoms with Crippen molar-refractivity contribution in [3.8, 4) is 0 Å². The molecular weight excluding hydrogens is 496 g/mol. The topological polar surface area (TPSA) is 165 Å². The molecule has 6 rings (SSSR count). The first-order valence-corrected chi connectivity index (χ1v) is 12.8. The van der Waals surface area contributed by atoms with Crippen LogP contribution in [-0.2, 0) is 25.4 Å². The minimum Gasteiger partial charge on any atom is -0.480 e. The quantitative estimate of drug-likeness (QED) is 0.299. The minimum atomic E-state index is -1.57. The normalized spacial score (nSPS) is 38.9. The van der Waals surface area contributed by atoms with Gasteiger partial charge in [-0.25, -0.2) is 0 Å². The zero-order valence-corrected chi connectivity index (χ0v) is 20.6. The lowest BCUT2D eigenvalue weighted by atomic mass is 9.73. The fraction of sp³-hybridized carbons (Fsp3) is 0.519. The number of aliphatic carboxylic acids is 1. The van der Waals surface area contributed by atoms with Crippen LogP contribution in [0.25, 0.3) is 10.9 Å². The highest BCUT2D eigenvalue weighted by Gasteiger charge is 2.50. The Morgan fingerprint density at radius 1 is 1.18 bits per heavy atom. The Bertz CT molecular complexity index is 1260. The van der Waals surface area contributed by atoms with Crippen LogP contribution in [0.15, 0.2) is 48.8 Å². The maximum atomic E-state index is 12.3. The predicted octanol–water partition coefficient (Wildman–Crippen LogP) is 0.399. The van der Waals surface area contributed by atoms with E-state index in [0.29, 0.717) is 19.4 Å². The van der Waals surface area contributed by atoms with Crippen LogP contribution >= 0.6 is 0 Å². The third kappa shape index (κ3) is 3.97. The highest BCUT2D eigenvalue weighted by atomic mass is 16.8. The molecule has 0 bridgehead atoms. The second-order valence-electron chi connectivity index (χ2n) is 10.5. The average molecular weight is 529 g/mol. The molecule has 0 amide bonds. The highest BCUT2D eigenvalue weighted by molar-refractivity contribution is 5.86. The average Bonchev–Trinajstić information content (AvgIpc) is 3.30. The summed E-state index contributed by atoms with van der Waals surface area (Å²) in [6.07, 6.45) is -3.71. The molecule has 1 aromatic heterocycles. The number of ether oxygens (including phenoxy) is 3. The molecule has 204 valence electrons. The van der Waals surface area contributed by atoms with Crippen LogP contribution in [-0.4, -0.2) is 97.6 Å². The molecule has 2 fully saturated rings. The predicted molar refractivity (Wildman–Crippen MR) is 132 cm³/mol. The number of nitrogens with zero attached hydrogens (tertiary/aromatic N) is 1. The Kier molecular flexibility index (Phi) is 6.55. The van der Waals surface area contributed by atoms with Crippen LogP contribution < -0.4 is 0 Å². The number of hydrogen-bond acceptors (Lipinski definition) is 9. The molecule has 4 aliphatic heterocycles. The monoisotopic (exact) mass is 528 g/mol. The number of fused-ring (bicyclic) bond motifs is 6. The van der Waals surface area contributed by atoms with Crippen molar-refractivity contribution >= 4 is 16.9 Å². The Hall–Kier alpha value is -2.77. The summed E-state index contributed by atoms with van der Waals surface area (Å²) in [6.45, 7) is 3.82. The molecule has 38 heavy (non-hydrogen) atoms. The third-order valence-corrected chi connectivity index (χ3v) is 8.50. The van der Waals surface area contributed by atoms with Crippen molar-refractivity contribution in [3.05, 3.63) is 60.0 Å². The van der Waals surface area contributed by atoms with Crippen LogP contribution in [0, 0.1) is 11.8 Å². The van der Waals surface area contributed by atoms with E-state index in [-0.39, 0.29) is 17.9 Å². The number of carboxylic acid groups (broad SMARTS) is 1. The molecule has 2 saturated heterocycles. The Morgan fingerprint density at radius 2 is 1.97 bits per heavy atom. The summed E-state index contributed by atoms with van der Waals surface area (Å²) < 4.78 is 17.4. The van der Waals surface area contributed by atoms with Crippen molar-refractivity contribution in [1.82, 2.24) is 9.88 Å². The standard InChI is InChI=1S/C27H32N2O9/c1-2-13-15-7-18-21-16(14-5-3-4-6-17(14)28-21)8-19(25(34)35)29(18)9-12(15)11-36-26(13)38-27-24(33)23(32)22(31)20(10-30)37-27/h2-6,11,13,15,18-20,22-24,26-28,30-33H,1,7-10H2,(H,34,35)/t13-,15-,18+,19+,20-,22-,23+,24-,26+,27+/m1/s1. The molecule has 0 aliphatic carbocycles. The summed E-state index contributed by atoms with van der Waals surface area (Å²) >= 11 is 0. The number of nitrogens with one attached hydrogen (secondary N) is 1. The summed E-state index contributed by atoms with van der Waals surface area (Å²) in [5.74, 6) is -1.34. The summed E-state index contributed by atoms with van der Waals surface area (Å²) in [4.78, 5) is 17.9. The van der Waals surface area contributed by atoms with Crippen LogP contribution in [0.2, 0.25) is 0 Å². The van der Waals surface area contributed by atoms with Gasteiger partial charge in [0.1, 0.15) is 30.5 Å². The minimum absolute atomic E-state index is 0.0933. The molecule has 5 heterocycles. The van der Waals surface area contributed by atoms with E-state index in [4.69, 9.17) is 14.2 Å². The van der Waals surface area contributed by atoms with Crippen LogP contribution in [0.5, 0.6) is 0 Å². The van der Waals surface area contributed by atoms with E-state index >= 15 is 0 Å². The van der Waals surface area contributed by atoms with Crippen molar-refractivity contribution < 1.29 is 44.5 Å². The van der Waals surface area contributed by atoms with Crippen LogP contribution in [0.4, 0.5) is 0 Å². The number of para-hydroxylation sites is 1. The Balaban J connectivity index is 1.30. The number of aliphatic hydroxyl groups is 4. The number of aromatic nitrogens is 1. The largest absolute Gasteiger partial charge is 0.480 e. The number of hydrogen-bond donors (Lipinski definition) is 6. The molecule has 0 spiro atoms. The zero-order chi connectivity index (χ0) is 26.7. The smallest absolute Gasteiger partial charge is 0.321 e. The molecule has 0 radical (unpaired) electrons. The maximum Gasteiger partial charge on any atom is 0.321 e. The summed E-state index contributed by atoms with van der Waals surface area (Å²) in [5.41, 5.74) is 3.94. The molecule has 11 nitrogen and oxygen atoms in total. The van der Waals surface area contributed by atoms with Gasteiger partial charge in [0, 0.05) is 35.5 Å². The van der Waals surface area contributed by atoms with Gasteiger partial charge in [-0.2, -0.15) is 0 Å². The van der Waals surface area contributed by atoms with E-state index in [0.717, 1.165) is 27.7 Å². The lowest BCUT2D eigenvalue weighted by Gasteiger charge is -2.50. The van der Waals surface area contributed by atoms with E-state index in [2.05, 4.69) is 11.6 Å². The fourth-order valence-electron chi connectivity index (χ4n) is 6.52. The Labute approximate surface area is 218 Å². The van der Waals surface area contributed by atoms with Crippen LogP contribution in [0.1, 0.15) is 23.7 Å². The first kappa shape index (κ1) is 25.5. The molecule has 2 aromatic rings. The van der Waals surface area contributed by atoms with Crippen LogP contribution in [0.3, 0.4) is 0 Å². The number of carboxylic acids is 1. The number of benzene rings is 1. The van der Waals surface area contributed by atoms with Crippen molar-refractivity contribution in [2.24, 2.45) is 11.8 Å². The third-order valence-electron chi connectivity index (χ3n) is 8.50. The van der Waals surface area contributed by atoms with Gasteiger partial charge in [-0.15, -0.1) is 6.58 Å². The van der Waals surface area contributed by atoms with E-state index in [1.807, 2.05) is 29.2 Å². The molecule has 10 atom stereocenters. The second-order valence-corrected chi connectivity index (χ2v) is 10.5. The van der Waals surface area contributed by atoms with Gasteiger partial charge >= 0.3 is 5.97 Å². The van der Waals surface area contributed by atoms with Gasteiger partial charge in [-0.3, -0.25) is 9.69 Å². The number of aromatic amines is 1. The highest BCUT2D eigenvalue weighted by Crippen LogP contribution is 2.49. The van der Waals surface area contributed by atoms with Crippen molar-refractivity contribution in [1.29, 1.82) is 0 Å². The first-order chi connectivity index (χ1) is 18.3. The lowest BCUT2D eigenvalue weighted by molar-refractivity contribution is -0.339. The first-order valence-electron chi connectivity index (χ1n) is 12.8. The number of rotatable bonds is 5. The molecule has 0 unspecified atom stereocenters. The van der Waals surface area contributed by atoms with Gasteiger partial charge in [0.15, 0.2) is 6.29 Å². The number of aliphatic hydroxyl groups excluding tert-OH is 4. The molecule has 11 heteroatoms. The molecular formula is C27H32N2O9. The van der Waals surface area contributed by atoms with Crippen molar-refractivity contribution in [2.45, 2.75) is 61.9 Å². The molecule has 1 aromatic carbocycles. The Morgan fingerprint density at radius 3 is 2.71 bits per heavy atom. The molecule has 0 saturated carbocycles. The van der Waals surface area contributed by atoms with E-state index in [1.165, 1.54) is 0 Å². The maximum absolute atomic E-state index is 12.3. The number of carbonyl (C=O) groups is 1. The molecule has 4 aliphatic rings. The second kappa shape index (κ2) is 9.76. The van der Waals surface area contributed by atoms with Crippen molar-refractivity contribution in [2.75, 3.05) is 13.2 Å². The summed E-state index contributed by atoms with van der Waals surface area (Å²) in [6, 6.07) is 7.05. The number of piperidine rings is 1. The lowest BCUT2D eigenvalue weighted by Crippen LogP contribution is -2.60. The van der Waals surface area contributed by atoms with E-state index in [1.54, 1.807) is 12.3 Å². The van der Waals surface area contributed by atoms with E-state index in [9.17, 15) is 30.3 Å². The summed E-state index contributed by atoms with van der Waals surface area (Å²) in [5, 5.41) is 51.3.